The fraction of sp³-hybridized carbons (Fsp3) is 0.581. The zero-order valence-corrected chi connectivity index (χ0v) is 23.9. The van der Waals surface area contributed by atoms with Crippen LogP contribution in [0.15, 0.2) is 60.9 Å². The van der Waals surface area contributed by atoms with Crippen LogP contribution < -0.4 is 0 Å². The fourth-order valence-corrected chi connectivity index (χ4v) is 4.92. The van der Waals surface area contributed by atoms with Crippen molar-refractivity contribution >= 4 is 40.6 Å². The number of hydrogen-bond acceptors (Lipinski definition) is 1. The minimum Gasteiger partial charge on any atom is -0.331 e. The van der Waals surface area contributed by atoms with Gasteiger partial charge in [0.15, 0.2) is 0 Å². The molecule has 181 valence electrons. The van der Waals surface area contributed by atoms with Gasteiger partial charge in [-0.15, -0.1) is 0 Å². The smallest absolute Gasteiger partial charge is 0.0958 e. The number of hydrogen-bond donors (Lipinski definition) is 0. The second-order valence-electron chi connectivity index (χ2n) is 9.82. The largest absolute Gasteiger partial charge is 0.331 e. The van der Waals surface area contributed by atoms with E-state index in [1.54, 1.807) is 0 Å². The number of fused-ring (bicyclic) bond motifs is 1. The number of rotatable bonds is 19. The van der Waals surface area contributed by atoms with Crippen LogP contribution >= 0.6 is 0 Å². The molecule has 0 N–H and O–H groups in total. The molecule has 2 nitrogen and oxygen atoms in total. The molecule has 3 rings (SSSR count). The van der Waals surface area contributed by atoms with E-state index in [2.05, 4.69) is 64.1 Å². The van der Waals surface area contributed by atoms with Crippen LogP contribution in [-0.4, -0.2) is 39.1 Å². The summed E-state index contributed by atoms with van der Waals surface area (Å²) in [7, 11) is 0. The maximum atomic E-state index is 4.49. The van der Waals surface area contributed by atoms with Gasteiger partial charge in [-0.3, -0.25) is 0 Å². The number of aryl methyl sites for hydroxylation is 2. The van der Waals surface area contributed by atoms with E-state index in [-0.39, 0.29) is 29.6 Å². The Morgan fingerprint density at radius 1 is 0.500 bits per heavy atom. The Morgan fingerprint density at radius 3 is 1.56 bits per heavy atom. The van der Waals surface area contributed by atoms with Crippen LogP contribution in [0, 0.1) is 0 Å². The Balaban J connectivity index is 0.00000408. The van der Waals surface area contributed by atoms with E-state index in [0.29, 0.717) is 0 Å². The Morgan fingerprint density at radius 2 is 0.971 bits per heavy atom. The fourth-order valence-electron chi connectivity index (χ4n) is 4.92. The summed E-state index contributed by atoms with van der Waals surface area (Å²) >= 11 is 0. The second-order valence-corrected chi connectivity index (χ2v) is 9.82. The van der Waals surface area contributed by atoms with Crippen molar-refractivity contribution in [3.05, 3.63) is 66.5 Å². The summed E-state index contributed by atoms with van der Waals surface area (Å²) in [6.07, 6.45) is 25.8. The number of nitrogens with zero attached hydrogens (tertiary/aromatic N) is 2. The van der Waals surface area contributed by atoms with Gasteiger partial charge in [-0.2, -0.15) is 0 Å². The summed E-state index contributed by atoms with van der Waals surface area (Å²) in [5.41, 5.74) is 3.89. The summed E-state index contributed by atoms with van der Waals surface area (Å²) < 4.78 is 2.31. The van der Waals surface area contributed by atoms with Crippen LogP contribution in [-0.2, 0) is 13.0 Å². The van der Waals surface area contributed by atoms with Crippen molar-refractivity contribution in [3.63, 3.8) is 0 Å². The Bertz CT molecular complexity index is 858. The molecule has 3 aromatic rings. The van der Waals surface area contributed by atoms with Crippen molar-refractivity contribution in [2.24, 2.45) is 0 Å². The Kier molecular flexibility index (Phi) is 16.4. The molecule has 0 aliphatic heterocycles. The number of imidazole rings is 1. The van der Waals surface area contributed by atoms with Crippen molar-refractivity contribution in [2.45, 2.75) is 116 Å². The first-order valence-corrected chi connectivity index (χ1v) is 13.9. The normalized spacial score (nSPS) is 11.1. The third-order valence-corrected chi connectivity index (χ3v) is 6.98. The van der Waals surface area contributed by atoms with Crippen molar-refractivity contribution in [2.75, 3.05) is 0 Å². The van der Waals surface area contributed by atoms with Crippen molar-refractivity contribution in [1.82, 2.24) is 9.55 Å². The van der Waals surface area contributed by atoms with Crippen LogP contribution in [0.1, 0.15) is 108 Å². The first-order chi connectivity index (χ1) is 16.4. The van der Waals surface area contributed by atoms with Crippen LogP contribution in [0.4, 0.5) is 0 Å². The molecule has 1 aromatic heterocycles. The second kappa shape index (κ2) is 19.1. The van der Waals surface area contributed by atoms with Gasteiger partial charge in [0.1, 0.15) is 0 Å². The minimum atomic E-state index is 0. The zero-order chi connectivity index (χ0) is 22.8. The van der Waals surface area contributed by atoms with Gasteiger partial charge in [0, 0.05) is 36.1 Å². The SMILES string of the molecule is [Na].c1ccc(CCCCCCCCCCCCCCCCCCn2cnc3ccccc32)cc1. The molecule has 0 spiro atoms. The molecule has 3 heteroatoms. The quantitative estimate of drug-likeness (QED) is 0.126. The van der Waals surface area contributed by atoms with E-state index in [4.69, 9.17) is 0 Å². The van der Waals surface area contributed by atoms with E-state index in [0.717, 1.165) is 12.1 Å². The molecule has 0 bridgehead atoms. The van der Waals surface area contributed by atoms with Gasteiger partial charge in [0.25, 0.3) is 0 Å². The van der Waals surface area contributed by atoms with E-state index >= 15 is 0 Å². The van der Waals surface area contributed by atoms with Crippen LogP contribution in [0.3, 0.4) is 0 Å². The van der Waals surface area contributed by atoms with Crippen molar-refractivity contribution < 1.29 is 0 Å². The average molecular weight is 470 g/mol. The first kappa shape index (κ1) is 29.1. The molecule has 2 aromatic carbocycles. The summed E-state index contributed by atoms with van der Waals surface area (Å²) in [6.45, 7) is 1.11. The monoisotopic (exact) mass is 469 g/mol. The summed E-state index contributed by atoms with van der Waals surface area (Å²) in [5, 5.41) is 0. The summed E-state index contributed by atoms with van der Waals surface area (Å²) in [5.74, 6) is 0. The molecule has 34 heavy (non-hydrogen) atoms. The molecule has 0 saturated heterocycles. The van der Waals surface area contributed by atoms with Crippen LogP contribution in [0.5, 0.6) is 0 Å². The van der Waals surface area contributed by atoms with E-state index in [1.165, 1.54) is 120 Å². The predicted molar refractivity (Wildman–Crippen MR) is 150 cm³/mol. The maximum Gasteiger partial charge on any atom is 0.0958 e. The number of benzene rings is 2. The van der Waals surface area contributed by atoms with E-state index < -0.39 is 0 Å². The molecule has 0 saturated carbocycles. The molecule has 0 amide bonds. The molecule has 0 unspecified atom stereocenters. The summed E-state index contributed by atoms with van der Waals surface area (Å²) in [6, 6.07) is 19.4. The van der Waals surface area contributed by atoms with Gasteiger partial charge < -0.3 is 4.57 Å². The Labute approximate surface area is 231 Å². The maximum absolute atomic E-state index is 4.49. The van der Waals surface area contributed by atoms with Gasteiger partial charge in [-0.25, -0.2) is 4.98 Å². The van der Waals surface area contributed by atoms with Gasteiger partial charge in [0.2, 0.25) is 0 Å². The van der Waals surface area contributed by atoms with Gasteiger partial charge in [-0.05, 0) is 37.0 Å². The molecule has 1 radical (unpaired) electrons. The number of aromatic nitrogens is 2. The molecule has 0 aliphatic rings. The van der Waals surface area contributed by atoms with Gasteiger partial charge in [-0.1, -0.05) is 132 Å². The van der Waals surface area contributed by atoms with Crippen molar-refractivity contribution in [3.8, 4) is 0 Å². The molecular formula is C31H46N2Na. The average Bonchev–Trinajstić information content (AvgIpc) is 3.27. The third-order valence-electron chi connectivity index (χ3n) is 6.98. The minimum absolute atomic E-state index is 0. The van der Waals surface area contributed by atoms with Crippen LogP contribution in [0.2, 0.25) is 0 Å². The third kappa shape index (κ3) is 12.0. The van der Waals surface area contributed by atoms with Crippen LogP contribution in [0.25, 0.3) is 11.0 Å². The standard InChI is InChI=1S/C31H46N2.Na/c1(3-5-7-9-11-13-16-22-29-23-17-15-18-24-29)2-4-6-8-10-12-14-21-27-33-28-32-30-25-19-20-26-31(30)33;/h15,17-20,23-26,28H,1-14,16,21-22,27H2;. The summed E-state index contributed by atoms with van der Waals surface area (Å²) in [4.78, 5) is 4.49. The molecule has 0 atom stereocenters. The number of unbranched alkanes of at least 4 members (excludes halogenated alkanes) is 15. The topological polar surface area (TPSA) is 17.8 Å². The van der Waals surface area contributed by atoms with E-state index in [9.17, 15) is 0 Å². The van der Waals surface area contributed by atoms with Gasteiger partial charge >= 0.3 is 0 Å². The predicted octanol–water partition coefficient (Wildman–Crippen LogP) is 9.14. The number of para-hydroxylation sites is 2. The molecule has 1 heterocycles. The van der Waals surface area contributed by atoms with E-state index in [1.807, 2.05) is 6.33 Å². The van der Waals surface area contributed by atoms with Crippen molar-refractivity contribution in [1.29, 1.82) is 0 Å². The van der Waals surface area contributed by atoms with Gasteiger partial charge in [0.05, 0.1) is 17.4 Å². The first-order valence-electron chi connectivity index (χ1n) is 13.9. The zero-order valence-electron chi connectivity index (χ0n) is 21.9. The molecule has 0 fully saturated rings. The molecule has 0 aliphatic carbocycles. The Hall–Kier alpha value is -1.09. The molecular weight excluding hydrogens is 423 g/mol.